The number of carbonyl (C=O) groups is 2. The van der Waals surface area contributed by atoms with Crippen molar-refractivity contribution >= 4 is 29.4 Å². The lowest BCUT2D eigenvalue weighted by atomic mass is 10.4. The summed E-state index contributed by atoms with van der Waals surface area (Å²) < 4.78 is 7.80. The van der Waals surface area contributed by atoms with Crippen molar-refractivity contribution in [3.05, 3.63) is 5.69 Å². The Bertz CT molecular complexity index is 402. The van der Waals surface area contributed by atoms with E-state index in [1.54, 1.807) is 14.1 Å². The van der Waals surface area contributed by atoms with E-state index < -0.39 is 0 Å². The molecular formula is C7H8N4O2S. The van der Waals surface area contributed by atoms with E-state index >= 15 is 0 Å². The molecule has 1 aliphatic rings. The Morgan fingerprint density at radius 3 is 2.71 bits per heavy atom. The molecule has 0 bridgehead atoms. The third kappa shape index (κ3) is 1.17. The minimum atomic E-state index is -0.258. The molecule has 1 aromatic rings. The van der Waals surface area contributed by atoms with Crippen molar-refractivity contribution in [3.63, 3.8) is 0 Å². The van der Waals surface area contributed by atoms with Crippen LogP contribution in [-0.4, -0.2) is 46.1 Å². The lowest BCUT2D eigenvalue weighted by Crippen LogP contribution is -2.35. The smallest absolute Gasteiger partial charge is 0.277 e. The molecule has 0 aliphatic carbocycles. The van der Waals surface area contributed by atoms with E-state index in [4.69, 9.17) is 0 Å². The first kappa shape index (κ1) is 9.07. The average molecular weight is 212 g/mol. The Balaban J connectivity index is 2.54. The van der Waals surface area contributed by atoms with E-state index in [0.29, 0.717) is 5.82 Å². The molecule has 1 aliphatic heterocycles. The summed E-state index contributed by atoms with van der Waals surface area (Å²) in [6.45, 7) is 0.0675. The van der Waals surface area contributed by atoms with Gasteiger partial charge in [0, 0.05) is 14.1 Å². The van der Waals surface area contributed by atoms with Gasteiger partial charge in [0.1, 0.15) is 6.54 Å². The molecule has 0 saturated carbocycles. The van der Waals surface area contributed by atoms with Gasteiger partial charge in [-0.05, 0) is 0 Å². The molecule has 2 heterocycles. The van der Waals surface area contributed by atoms with Crippen LogP contribution in [0.25, 0.3) is 0 Å². The van der Waals surface area contributed by atoms with Gasteiger partial charge in [0.2, 0.25) is 5.91 Å². The van der Waals surface area contributed by atoms with Crippen LogP contribution in [0.1, 0.15) is 10.5 Å². The van der Waals surface area contributed by atoms with E-state index in [-0.39, 0.29) is 24.1 Å². The molecule has 0 N–H and O–H groups in total. The van der Waals surface area contributed by atoms with Crippen molar-refractivity contribution in [2.75, 3.05) is 25.5 Å². The second-order valence-electron chi connectivity index (χ2n) is 3.05. The molecule has 7 heteroatoms. The fourth-order valence-corrected chi connectivity index (χ4v) is 1.79. The first-order chi connectivity index (χ1) is 6.61. The Hall–Kier alpha value is -1.50. The SMILES string of the molecule is CN1CC(=O)N(C)c2nsnc2C1=O. The molecule has 1 aromatic heterocycles. The van der Waals surface area contributed by atoms with E-state index in [1.165, 1.54) is 9.80 Å². The Morgan fingerprint density at radius 2 is 2.00 bits per heavy atom. The van der Waals surface area contributed by atoms with Gasteiger partial charge in [0.15, 0.2) is 11.5 Å². The molecule has 0 unspecified atom stereocenters. The average Bonchev–Trinajstić information content (AvgIpc) is 2.60. The highest BCUT2D eigenvalue weighted by atomic mass is 32.1. The summed E-state index contributed by atoms with van der Waals surface area (Å²) >= 11 is 0.935. The standard InChI is InChI=1S/C7H8N4O2S/c1-10-3-4(12)11(2)6-5(7(10)13)8-14-9-6/h3H2,1-2H3. The third-order valence-corrected chi connectivity index (χ3v) is 2.60. The Kier molecular flexibility index (Phi) is 1.95. The van der Waals surface area contributed by atoms with Crippen LogP contribution in [-0.2, 0) is 4.79 Å². The largest absolute Gasteiger partial charge is 0.331 e. The van der Waals surface area contributed by atoms with E-state index in [1.807, 2.05) is 0 Å². The van der Waals surface area contributed by atoms with Gasteiger partial charge in [-0.15, -0.1) is 0 Å². The Labute approximate surface area is 84.5 Å². The van der Waals surface area contributed by atoms with E-state index in [9.17, 15) is 9.59 Å². The van der Waals surface area contributed by atoms with E-state index in [2.05, 4.69) is 8.75 Å². The predicted molar refractivity (Wildman–Crippen MR) is 50.3 cm³/mol. The molecule has 14 heavy (non-hydrogen) atoms. The fraction of sp³-hybridized carbons (Fsp3) is 0.429. The van der Waals surface area contributed by atoms with Gasteiger partial charge in [0.05, 0.1) is 11.7 Å². The predicted octanol–water partition coefficient (Wildman–Crippen LogP) is -0.413. The molecule has 0 atom stereocenters. The molecule has 2 rings (SSSR count). The van der Waals surface area contributed by atoms with Gasteiger partial charge in [-0.25, -0.2) is 0 Å². The quantitative estimate of drug-likeness (QED) is 0.586. The van der Waals surface area contributed by atoms with Crippen LogP contribution in [0.2, 0.25) is 0 Å². The molecule has 0 aromatic carbocycles. The maximum atomic E-state index is 11.6. The monoisotopic (exact) mass is 212 g/mol. The van der Waals surface area contributed by atoms with Gasteiger partial charge in [-0.3, -0.25) is 14.5 Å². The van der Waals surface area contributed by atoms with E-state index in [0.717, 1.165) is 11.7 Å². The highest BCUT2D eigenvalue weighted by Crippen LogP contribution is 2.21. The second-order valence-corrected chi connectivity index (χ2v) is 3.58. The van der Waals surface area contributed by atoms with Crippen LogP contribution in [0.5, 0.6) is 0 Å². The van der Waals surface area contributed by atoms with Crippen LogP contribution in [0.4, 0.5) is 5.82 Å². The van der Waals surface area contributed by atoms with Gasteiger partial charge < -0.3 is 4.90 Å². The van der Waals surface area contributed by atoms with Crippen molar-refractivity contribution in [3.8, 4) is 0 Å². The summed E-state index contributed by atoms with van der Waals surface area (Å²) in [6.07, 6.45) is 0. The summed E-state index contributed by atoms with van der Waals surface area (Å²) in [7, 11) is 3.16. The maximum absolute atomic E-state index is 11.6. The minimum Gasteiger partial charge on any atom is -0.331 e. The van der Waals surface area contributed by atoms with Crippen molar-refractivity contribution in [1.82, 2.24) is 13.6 Å². The number of likely N-dealkylation sites (N-methyl/N-ethyl adjacent to an activating group) is 2. The number of anilines is 1. The number of amides is 2. The molecule has 0 radical (unpaired) electrons. The number of hydrogen-bond donors (Lipinski definition) is 0. The third-order valence-electron chi connectivity index (χ3n) is 2.08. The van der Waals surface area contributed by atoms with Crippen LogP contribution in [0.15, 0.2) is 0 Å². The normalized spacial score (nSPS) is 17.0. The first-order valence-electron chi connectivity index (χ1n) is 3.96. The lowest BCUT2D eigenvalue weighted by molar-refractivity contribution is -0.118. The molecule has 74 valence electrons. The highest BCUT2D eigenvalue weighted by molar-refractivity contribution is 6.99. The van der Waals surface area contributed by atoms with Crippen LogP contribution >= 0.6 is 11.7 Å². The number of fused-ring (bicyclic) bond motifs is 1. The summed E-state index contributed by atoms with van der Waals surface area (Å²) in [4.78, 5) is 25.8. The summed E-state index contributed by atoms with van der Waals surface area (Å²) in [5.41, 5.74) is 0.255. The zero-order valence-electron chi connectivity index (χ0n) is 7.72. The number of hydrogen-bond acceptors (Lipinski definition) is 5. The number of aromatic nitrogens is 2. The van der Waals surface area contributed by atoms with Crippen LogP contribution in [0, 0.1) is 0 Å². The zero-order valence-corrected chi connectivity index (χ0v) is 8.54. The molecule has 0 saturated heterocycles. The number of nitrogens with zero attached hydrogens (tertiary/aromatic N) is 4. The molecular weight excluding hydrogens is 204 g/mol. The lowest BCUT2D eigenvalue weighted by Gasteiger charge is -2.13. The fourth-order valence-electron chi connectivity index (χ4n) is 1.22. The highest BCUT2D eigenvalue weighted by Gasteiger charge is 2.30. The van der Waals surface area contributed by atoms with Crippen molar-refractivity contribution in [2.45, 2.75) is 0 Å². The second kappa shape index (κ2) is 3.02. The van der Waals surface area contributed by atoms with Gasteiger partial charge in [-0.2, -0.15) is 8.75 Å². The van der Waals surface area contributed by atoms with Gasteiger partial charge in [-0.1, -0.05) is 0 Å². The van der Waals surface area contributed by atoms with Gasteiger partial charge >= 0.3 is 0 Å². The van der Waals surface area contributed by atoms with Crippen molar-refractivity contribution < 1.29 is 9.59 Å². The number of carbonyl (C=O) groups excluding carboxylic acids is 2. The van der Waals surface area contributed by atoms with Crippen molar-refractivity contribution in [2.24, 2.45) is 0 Å². The zero-order chi connectivity index (χ0) is 10.3. The summed E-state index contributed by atoms with van der Waals surface area (Å²) in [5.74, 6) is -0.0619. The van der Waals surface area contributed by atoms with Gasteiger partial charge in [0.25, 0.3) is 5.91 Å². The molecule has 0 fully saturated rings. The molecule has 2 amide bonds. The Morgan fingerprint density at radius 1 is 1.29 bits per heavy atom. The summed E-state index contributed by atoms with van der Waals surface area (Å²) in [6, 6.07) is 0. The maximum Gasteiger partial charge on any atom is 0.277 e. The van der Waals surface area contributed by atoms with Crippen LogP contribution in [0.3, 0.4) is 0 Å². The van der Waals surface area contributed by atoms with Crippen molar-refractivity contribution in [1.29, 1.82) is 0 Å². The molecule has 0 spiro atoms. The first-order valence-corrected chi connectivity index (χ1v) is 4.69. The molecule has 6 nitrogen and oxygen atoms in total. The summed E-state index contributed by atoms with van der Waals surface area (Å²) in [5, 5.41) is 0. The minimum absolute atomic E-state index is 0.0675. The topological polar surface area (TPSA) is 66.4 Å². The van der Waals surface area contributed by atoms with Crippen LogP contribution < -0.4 is 4.90 Å². The number of rotatable bonds is 0.